The molecular formula is C33H26Cl2N6OS. The van der Waals surface area contributed by atoms with E-state index >= 15 is 0 Å². The van der Waals surface area contributed by atoms with Crippen molar-refractivity contribution in [2.45, 2.75) is 12.1 Å². The molecule has 0 saturated heterocycles. The largest absolute Gasteiger partial charge is 0.374 e. The van der Waals surface area contributed by atoms with E-state index in [1.807, 2.05) is 92.0 Å². The Hall–Kier alpha value is -4.34. The van der Waals surface area contributed by atoms with E-state index in [4.69, 9.17) is 45.4 Å². The molecule has 2 aromatic heterocycles. The zero-order chi connectivity index (χ0) is 30.0. The van der Waals surface area contributed by atoms with E-state index in [0.717, 1.165) is 16.5 Å². The molecule has 0 saturated carbocycles. The second kappa shape index (κ2) is 12.1. The minimum Gasteiger partial charge on any atom is -0.374 e. The summed E-state index contributed by atoms with van der Waals surface area (Å²) < 4.78 is 1.80. The molecule has 0 bridgehead atoms. The first kappa shape index (κ1) is 28.8. The Morgan fingerprint density at radius 3 is 2.37 bits per heavy atom. The van der Waals surface area contributed by atoms with Crippen LogP contribution in [-0.2, 0) is 19.2 Å². The summed E-state index contributed by atoms with van der Waals surface area (Å²) in [5.74, 6) is 0.334. The number of rotatable bonds is 7. The van der Waals surface area contributed by atoms with Crippen LogP contribution in [0.1, 0.15) is 22.4 Å². The fourth-order valence-electron chi connectivity index (χ4n) is 5.05. The molecule has 43 heavy (non-hydrogen) atoms. The van der Waals surface area contributed by atoms with Gasteiger partial charge in [-0.1, -0.05) is 83.9 Å². The quantitative estimate of drug-likeness (QED) is 0.163. The lowest BCUT2D eigenvalue weighted by atomic mass is 9.83. The molecular weight excluding hydrogens is 599 g/mol. The third-order valence-corrected chi connectivity index (χ3v) is 7.92. The zero-order valence-corrected chi connectivity index (χ0v) is 25.3. The van der Waals surface area contributed by atoms with Crippen molar-refractivity contribution in [3.8, 4) is 11.3 Å². The molecule has 2 heterocycles. The number of nitrogens with one attached hydrogen (secondary N) is 2. The molecule has 6 aromatic rings. The molecule has 0 spiro atoms. The SMILES string of the molecule is Cn1cncc1C(O)(c1ccc(Cl)cc1)c1ccc2nc(NC(=S)NCc3ccccc3)nc(-c3cccc(Cl)c3)c2c1. The molecule has 0 radical (unpaired) electrons. The number of anilines is 1. The van der Waals surface area contributed by atoms with Gasteiger partial charge in [-0.3, -0.25) is 0 Å². The third-order valence-electron chi connectivity index (χ3n) is 7.18. The van der Waals surface area contributed by atoms with Gasteiger partial charge in [-0.2, -0.15) is 0 Å². The van der Waals surface area contributed by atoms with Crippen molar-refractivity contribution in [2.75, 3.05) is 5.32 Å². The van der Waals surface area contributed by atoms with Crippen molar-refractivity contribution in [3.05, 3.63) is 142 Å². The maximum Gasteiger partial charge on any atom is 0.230 e. The molecule has 6 rings (SSSR count). The van der Waals surface area contributed by atoms with Gasteiger partial charge in [-0.15, -0.1) is 0 Å². The number of fused-ring (bicyclic) bond motifs is 1. The van der Waals surface area contributed by atoms with E-state index < -0.39 is 5.60 Å². The van der Waals surface area contributed by atoms with Crippen LogP contribution in [0.25, 0.3) is 22.2 Å². The van der Waals surface area contributed by atoms with E-state index in [1.165, 1.54) is 0 Å². The van der Waals surface area contributed by atoms with Crippen molar-refractivity contribution in [2.24, 2.45) is 7.05 Å². The van der Waals surface area contributed by atoms with Crippen LogP contribution in [0.5, 0.6) is 0 Å². The summed E-state index contributed by atoms with van der Waals surface area (Å²) in [5.41, 5.74) is 3.47. The Labute approximate surface area is 264 Å². The molecule has 0 fully saturated rings. The maximum atomic E-state index is 12.5. The number of aliphatic hydroxyl groups is 1. The topological polar surface area (TPSA) is 87.9 Å². The smallest absolute Gasteiger partial charge is 0.230 e. The van der Waals surface area contributed by atoms with Crippen LogP contribution in [0, 0.1) is 0 Å². The van der Waals surface area contributed by atoms with Crippen LogP contribution in [0.15, 0.2) is 110 Å². The molecule has 214 valence electrons. The number of aryl methyl sites for hydroxylation is 1. The fraction of sp³-hybridized carbons (Fsp3) is 0.0909. The van der Waals surface area contributed by atoms with Crippen LogP contribution in [-0.4, -0.2) is 29.7 Å². The van der Waals surface area contributed by atoms with Crippen LogP contribution < -0.4 is 10.6 Å². The average Bonchev–Trinajstić information content (AvgIpc) is 3.46. The lowest BCUT2D eigenvalue weighted by Crippen LogP contribution is -2.31. The number of thiocarbonyl (C=S) groups is 1. The van der Waals surface area contributed by atoms with E-state index in [0.29, 0.717) is 55.7 Å². The maximum absolute atomic E-state index is 12.5. The first-order chi connectivity index (χ1) is 20.8. The van der Waals surface area contributed by atoms with E-state index in [9.17, 15) is 5.11 Å². The Balaban J connectivity index is 1.46. The lowest BCUT2D eigenvalue weighted by Gasteiger charge is -2.30. The van der Waals surface area contributed by atoms with Gasteiger partial charge in [0.05, 0.1) is 29.4 Å². The summed E-state index contributed by atoms with van der Waals surface area (Å²) >= 11 is 18.2. The van der Waals surface area contributed by atoms with Gasteiger partial charge in [-0.05, 0) is 65.3 Å². The Morgan fingerprint density at radius 1 is 0.884 bits per heavy atom. The van der Waals surface area contributed by atoms with Crippen molar-refractivity contribution >= 4 is 57.4 Å². The van der Waals surface area contributed by atoms with Gasteiger partial charge in [-0.25, -0.2) is 15.0 Å². The molecule has 0 aliphatic heterocycles. The summed E-state index contributed by atoms with van der Waals surface area (Å²) in [6.45, 7) is 0.558. The summed E-state index contributed by atoms with van der Waals surface area (Å²) in [7, 11) is 1.84. The number of hydrogen-bond acceptors (Lipinski definition) is 5. The van der Waals surface area contributed by atoms with Gasteiger partial charge >= 0.3 is 0 Å². The van der Waals surface area contributed by atoms with Crippen molar-refractivity contribution in [1.29, 1.82) is 0 Å². The summed E-state index contributed by atoms with van der Waals surface area (Å²) in [6.07, 6.45) is 3.31. The van der Waals surface area contributed by atoms with Crippen molar-refractivity contribution in [1.82, 2.24) is 24.8 Å². The second-order valence-electron chi connectivity index (χ2n) is 10.0. The van der Waals surface area contributed by atoms with Gasteiger partial charge in [0, 0.05) is 34.6 Å². The monoisotopic (exact) mass is 624 g/mol. The average molecular weight is 626 g/mol. The highest BCUT2D eigenvalue weighted by Crippen LogP contribution is 2.39. The standard InChI is InChI=1S/C33H26Cl2N6OS/c1-41-20-36-19-29(41)33(42,23-10-13-25(34)14-11-23)24-12-15-28-27(17-24)30(22-8-5-9-26(35)16-22)39-31(38-28)40-32(43)37-18-21-6-3-2-4-7-21/h2-17,19-20,42H,18H2,1H3,(H2,37,38,39,40,43). The van der Waals surface area contributed by atoms with Gasteiger partial charge in [0.1, 0.15) is 0 Å². The third kappa shape index (κ3) is 5.96. The highest BCUT2D eigenvalue weighted by molar-refractivity contribution is 7.80. The van der Waals surface area contributed by atoms with Crippen LogP contribution in [0.3, 0.4) is 0 Å². The van der Waals surface area contributed by atoms with E-state index in [2.05, 4.69) is 15.6 Å². The number of halogens is 2. The predicted octanol–water partition coefficient (Wildman–Crippen LogP) is 7.11. The summed E-state index contributed by atoms with van der Waals surface area (Å²) in [4.78, 5) is 13.9. The van der Waals surface area contributed by atoms with Crippen LogP contribution >= 0.6 is 35.4 Å². The number of nitrogens with zero attached hydrogens (tertiary/aromatic N) is 4. The van der Waals surface area contributed by atoms with Crippen LogP contribution in [0.2, 0.25) is 10.0 Å². The Bertz CT molecular complexity index is 1930. The van der Waals surface area contributed by atoms with Crippen molar-refractivity contribution in [3.63, 3.8) is 0 Å². The van der Waals surface area contributed by atoms with Gasteiger partial charge in [0.25, 0.3) is 0 Å². The fourth-order valence-corrected chi connectivity index (χ4v) is 5.53. The van der Waals surface area contributed by atoms with Gasteiger partial charge < -0.3 is 20.3 Å². The molecule has 0 aliphatic carbocycles. The molecule has 1 atom stereocenters. The Kier molecular flexibility index (Phi) is 8.10. The zero-order valence-electron chi connectivity index (χ0n) is 23.0. The highest BCUT2D eigenvalue weighted by atomic mass is 35.5. The Morgan fingerprint density at radius 2 is 1.65 bits per heavy atom. The van der Waals surface area contributed by atoms with Crippen LogP contribution in [0.4, 0.5) is 5.95 Å². The molecule has 0 amide bonds. The number of aromatic nitrogens is 4. The summed E-state index contributed by atoms with van der Waals surface area (Å²) in [6, 6.07) is 30.2. The molecule has 1 unspecified atom stereocenters. The molecule has 10 heteroatoms. The predicted molar refractivity (Wildman–Crippen MR) is 176 cm³/mol. The first-order valence-corrected chi connectivity index (χ1v) is 14.6. The number of hydrogen-bond donors (Lipinski definition) is 3. The molecule has 3 N–H and O–H groups in total. The van der Waals surface area contributed by atoms with Gasteiger partial charge in [0.2, 0.25) is 5.95 Å². The molecule has 7 nitrogen and oxygen atoms in total. The minimum atomic E-state index is -1.55. The van der Waals surface area contributed by atoms with Gasteiger partial charge in [0.15, 0.2) is 10.7 Å². The highest BCUT2D eigenvalue weighted by Gasteiger charge is 2.37. The molecule has 4 aromatic carbocycles. The lowest BCUT2D eigenvalue weighted by molar-refractivity contribution is 0.117. The second-order valence-corrected chi connectivity index (χ2v) is 11.3. The molecule has 0 aliphatic rings. The van der Waals surface area contributed by atoms with E-state index in [1.54, 1.807) is 29.2 Å². The van der Waals surface area contributed by atoms with E-state index in [-0.39, 0.29) is 0 Å². The first-order valence-electron chi connectivity index (χ1n) is 13.4. The van der Waals surface area contributed by atoms with Crippen molar-refractivity contribution < 1.29 is 5.11 Å². The number of benzene rings is 4. The summed E-state index contributed by atoms with van der Waals surface area (Å²) in [5, 5.41) is 21.1. The minimum absolute atomic E-state index is 0.334. The number of imidazole rings is 1. The normalized spacial score (nSPS) is 12.6.